The van der Waals surface area contributed by atoms with Gasteiger partial charge in [0.05, 0.1) is 29.1 Å². The van der Waals surface area contributed by atoms with Gasteiger partial charge in [-0.1, -0.05) is 17.3 Å². The molecule has 0 radical (unpaired) electrons. The van der Waals surface area contributed by atoms with Crippen molar-refractivity contribution in [2.24, 2.45) is 10.2 Å². The Labute approximate surface area is 138 Å². The fraction of sp³-hybridized carbons (Fsp3) is 0.0714. The SMILES string of the molecule is COc1ccccc1N=Nc1noc2cc([N+](=O)[O-])cc([N+](=O)[O-])c12. The number of ether oxygens (including phenoxy) is 1. The molecule has 0 amide bonds. The zero-order valence-corrected chi connectivity index (χ0v) is 12.6. The number of nitrogens with zero attached hydrogens (tertiary/aromatic N) is 5. The van der Waals surface area contributed by atoms with Gasteiger partial charge in [0.1, 0.15) is 16.8 Å². The highest BCUT2D eigenvalue weighted by molar-refractivity contribution is 5.96. The van der Waals surface area contributed by atoms with Crippen LogP contribution in [-0.2, 0) is 0 Å². The molecule has 0 bridgehead atoms. The van der Waals surface area contributed by atoms with E-state index in [1.165, 1.54) is 7.11 Å². The summed E-state index contributed by atoms with van der Waals surface area (Å²) in [5.74, 6) is 0.284. The summed E-state index contributed by atoms with van der Waals surface area (Å²) in [5, 5.41) is 33.4. The van der Waals surface area contributed by atoms with Crippen LogP contribution in [0.2, 0.25) is 0 Å². The largest absolute Gasteiger partial charge is 0.494 e. The van der Waals surface area contributed by atoms with Crippen LogP contribution < -0.4 is 4.74 Å². The smallest absolute Gasteiger partial charge is 0.291 e. The summed E-state index contributed by atoms with van der Waals surface area (Å²) in [7, 11) is 1.46. The molecule has 0 atom stereocenters. The molecule has 0 saturated carbocycles. The second-order valence-corrected chi connectivity index (χ2v) is 4.73. The molecule has 1 heterocycles. The van der Waals surface area contributed by atoms with Crippen LogP contribution in [0.1, 0.15) is 0 Å². The summed E-state index contributed by atoms with van der Waals surface area (Å²) in [6.45, 7) is 0. The Balaban J connectivity index is 2.13. The number of para-hydroxylation sites is 1. The van der Waals surface area contributed by atoms with Gasteiger partial charge in [-0.25, -0.2) is 0 Å². The van der Waals surface area contributed by atoms with E-state index in [1.54, 1.807) is 24.3 Å². The lowest BCUT2D eigenvalue weighted by Crippen LogP contribution is -1.93. The van der Waals surface area contributed by atoms with Gasteiger partial charge in [0.15, 0.2) is 5.58 Å². The third-order valence-electron chi connectivity index (χ3n) is 3.27. The minimum absolute atomic E-state index is 0.0748. The summed E-state index contributed by atoms with van der Waals surface area (Å²) < 4.78 is 10.1. The second-order valence-electron chi connectivity index (χ2n) is 4.73. The fourth-order valence-corrected chi connectivity index (χ4v) is 2.15. The van der Waals surface area contributed by atoms with Gasteiger partial charge in [-0.2, -0.15) is 0 Å². The van der Waals surface area contributed by atoms with Crippen LogP contribution in [-0.4, -0.2) is 22.1 Å². The van der Waals surface area contributed by atoms with Crippen molar-refractivity contribution in [1.82, 2.24) is 5.16 Å². The zero-order chi connectivity index (χ0) is 18.0. The Morgan fingerprint density at radius 2 is 1.88 bits per heavy atom. The molecule has 1 aromatic heterocycles. The molecule has 0 aliphatic rings. The number of hydrogen-bond donors (Lipinski definition) is 0. The van der Waals surface area contributed by atoms with Crippen LogP contribution >= 0.6 is 0 Å². The highest BCUT2D eigenvalue weighted by atomic mass is 16.6. The first-order valence-electron chi connectivity index (χ1n) is 6.78. The van der Waals surface area contributed by atoms with Gasteiger partial charge in [0, 0.05) is 0 Å². The zero-order valence-electron chi connectivity index (χ0n) is 12.6. The van der Waals surface area contributed by atoms with Crippen LogP contribution in [0.4, 0.5) is 22.9 Å². The molecule has 0 spiro atoms. The first-order chi connectivity index (χ1) is 12.0. The van der Waals surface area contributed by atoms with Crippen molar-refractivity contribution in [3.05, 3.63) is 56.6 Å². The van der Waals surface area contributed by atoms with Gasteiger partial charge in [0.25, 0.3) is 11.4 Å². The summed E-state index contributed by atoms with van der Waals surface area (Å²) >= 11 is 0. The molecule has 0 N–H and O–H groups in total. The van der Waals surface area contributed by atoms with E-state index >= 15 is 0 Å². The monoisotopic (exact) mass is 343 g/mol. The fourth-order valence-electron chi connectivity index (χ4n) is 2.15. The number of aromatic nitrogens is 1. The lowest BCUT2D eigenvalue weighted by atomic mass is 10.2. The van der Waals surface area contributed by atoms with Gasteiger partial charge in [-0.3, -0.25) is 20.2 Å². The van der Waals surface area contributed by atoms with Crippen LogP contribution in [0, 0.1) is 20.2 Å². The van der Waals surface area contributed by atoms with Gasteiger partial charge in [0.2, 0.25) is 5.82 Å². The first-order valence-corrected chi connectivity index (χ1v) is 6.78. The summed E-state index contributed by atoms with van der Waals surface area (Å²) in [5.41, 5.74) is -0.774. The average molecular weight is 343 g/mol. The number of hydrogen-bond acceptors (Lipinski definition) is 9. The number of nitro benzene ring substituents is 2. The highest BCUT2D eigenvalue weighted by Crippen LogP contribution is 2.38. The Kier molecular flexibility index (Phi) is 4.04. The number of rotatable bonds is 5. The van der Waals surface area contributed by atoms with Gasteiger partial charge in [-0.05, 0) is 12.1 Å². The van der Waals surface area contributed by atoms with E-state index in [2.05, 4.69) is 15.4 Å². The predicted octanol–water partition coefficient (Wildman–Crippen LogP) is 4.07. The maximum Gasteiger partial charge on any atom is 0.291 e. The molecule has 0 aliphatic carbocycles. The molecule has 0 unspecified atom stereocenters. The second kappa shape index (κ2) is 6.31. The average Bonchev–Trinajstić information content (AvgIpc) is 3.02. The topological polar surface area (TPSA) is 146 Å². The Morgan fingerprint density at radius 3 is 2.56 bits per heavy atom. The van der Waals surface area contributed by atoms with Crippen molar-refractivity contribution < 1.29 is 19.1 Å². The quantitative estimate of drug-likeness (QED) is 0.385. The third kappa shape index (κ3) is 2.97. The molecule has 11 heteroatoms. The number of methoxy groups -OCH3 is 1. The van der Waals surface area contributed by atoms with E-state index < -0.39 is 21.2 Å². The third-order valence-corrected chi connectivity index (χ3v) is 3.27. The maximum absolute atomic E-state index is 11.2. The first kappa shape index (κ1) is 16.0. The van der Waals surface area contributed by atoms with E-state index in [9.17, 15) is 20.2 Å². The summed E-state index contributed by atoms with van der Waals surface area (Å²) in [6, 6.07) is 8.61. The van der Waals surface area contributed by atoms with E-state index in [0.717, 1.165) is 12.1 Å². The normalized spacial score (nSPS) is 11.1. The lowest BCUT2D eigenvalue weighted by Gasteiger charge is -2.01. The molecule has 3 aromatic rings. The molecule has 11 nitrogen and oxygen atoms in total. The molecule has 126 valence electrons. The van der Waals surface area contributed by atoms with Gasteiger partial charge in [-0.15, -0.1) is 10.2 Å². The van der Waals surface area contributed by atoms with E-state index in [0.29, 0.717) is 11.4 Å². The molecule has 0 aliphatic heterocycles. The molecule has 2 aromatic carbocycles. The Bertz CT molecular complexity index is 1010. The predicted molar refractivity (Wildman–Crippen MR) is 84.5 cm³/mol. The molecule has 0 fully saturated rings. The molecule has 0 saturated heterocycles. The van der Waals surface area contributed by atoms with Crippen LogP contribution in [0.25, 0.3) is 11.0 Å². The number of benzene rings is 2. The van der Waals surface area contributed by atoms with E-state index in [-0.39, 0.29) is 16.8 Å². The lowest BCUT2D eigenvalue weighted by molar-refractivity contribution is -0.393. The molecule has 25 heavy (non-hydrogen) atoms. The highest BCUT2D eigenvalue weighted by Gasteiger charge is 2.26. The number of non-ortho nitro benzene ring substituents is 2. The number of nitro groups is 2. The number of fused-ring (bicyclic) bond motifs is 1. The maximum atomic E-state index is 11.2. The van der Waals surface area contributed by atoms with Crippen molar-refractivity contribution >= 4 is 33.8 Å². The number of azo groups is 1. The van der Waals surface area contributed by atoms with Crippen LogP contribution in [0.15, 0.2) is 51.1 Å². The molecule has 3 rings (SSSR count). The molecular formula is C14H9N5O6. The molecular weight excluding hydrogens is 334 g/mol. The van der Waals surface area contributed by atoms with Gasteiger partial charge >= 0.3 is 0 Å². The van der Waals surface area contributed by atoms with Crippen molar-refractivity contribution in [3.8, 4) is 5.75 Å². The standard InChI is InChI=1S/C14H9N5O6/c1-24-11-5-3-2-4-9(11)15-16-14-13-10(19(22)23)6-8(18(20)21)7-12(13)25-17-14/h2-7H,1H3. The Hall–Kier alpha value is -3.89. The summed E-state index contributed by atoms with van der Waals surface area (Å²) in [4.78, 5) is 20.6. The van der Waals surface area contributed by atoms with Crippen molar-refractivity contribution in [2.75, 3.05) is 7.11 Å². The van der Waals surface area contributed by atoms with Crippen molar-refractivity contribution in [3.63, 3.8) is 0 Å². The van der Waals surface area contributed by atoms with E-state index in [1.807, 2.05) is 0 Å². The van der Waals surface area contributed by atoms with Crippen LogP contribution in [0.5, 0.6) is 5.75 Å². The minimum Gasteiger partial charge on any atom is -0.494 e. The van der Waals surface area contributed by atoms with Crippen molar-refractivity contribution in [2.45, 2.75) is 0 Å². The van der Waals surface area contributed by atoms with Crippen molar-refractivity contribution in [1.29, 1.82) is 0 Å². The van der Waals surface area contributed by atoms with E-state index in [4.69, 9.17) is 9.26 Å². The van der Waals surface area contributed by atoms with Gasteiger partial charge < -0.3 is 9.26 Å². The minimum atomic E-state index is -0.769. The summed E-state index contributed by atoms with van der Waals surface area (Å²) in [6.07, 6.45) is 0. The Morgan fingerprint density at radius 1 is 1.12 bits per heavy atom. The van der Waals surface area contributed by atoms with Crippen LogP contribution in [0.3, 0.4) is 0 Å².